The molecule has 0 aromatic heterocycles. The molecule has 0 bridgehead atoms. The third kappa shape index (κ3) is 4.38. The van der Waals surface area contributed by atoms with Crippen molar-refractivity contribution in [3.63, 3.8) is 0 Å². The smallest absolute Gasteiger partial charge is 0.335 e. The monoisotopic (exact) mass is 400 g/mol. The molecule has 13 heteroatoms. The highest BCUT2D eigenvalue weighted by atomic mass is 16.7. The highest BCUT2D eigenvalue weighted by Gasteiger charge is 2.52. The van der Waals surface area contributed by atoms with Crippen molar-refractivity contribution in [2.45, 2.75) is 67.3 Å². The maximum absolute atomic E-state index is 10.9. The number of rotatable bonds is 6. The molecule has 0 radical (unpaired) electrons. The van der Waals surface area contributed by atoms with Gasteiger partial charge in [0.2, 0.25) is 0 Å². The van der Waals surface area contributed by atoms with Crippen molar-refractivity contribution < 1.29 is 65.0 Å². The zero-order valence-corrected chi connectivity index (χ0v) is 13.9. The van der Waals surface area contributed by atoms with Crippen LogP contribution in [0.3, 0.4) is 0 Å². The Morgan fingerprint density at radius 2 is 1.44 bits per heavy atom. The Bertz CT molecular complexity index is 499. The summed E-state index contributed by atoms with van der Waals surface area (Å²) < 4.78 is 15.5. The highest BCUT2D eigenvalue weighted by molar-refractivity contribution is 5.72. The molecule has 3 unspecified atom stereocenters. The van der Waals surface area contributed by atoms with Crippen molar-refractivity contribution in [2.75, 3.05) is 13.2 Å². The maximum Gasteiger partial charge on any atom is 0.335 e. The van der Waals surface area contributed by atoms with Gasteiger partial charge in [0, 0.05) is 0 Å². The molecule has 158 valence electrons. The second-order valence-corrected chi connectivity index (χ2v) is 6.38. The molecule has 0 saturated carbocycles. The summed E-state index contributed by atoms with van der Waals surface area (Å²) in [5.74, 6) is -1.73. The average Bonchev–Trinajstić information content (AvgIpc) is 2.65. The summed E-state index contributed by atoms with van der Waals surface area (Å²) in [6.07, 6.45) is -19.0. The van der Waals surface area contributed by atoms with Crippen LogP contribution in [0.25, 0.3) is 0 Å². The normalized spacial score (nSPS) is 46.8. The van der Waals surface area contributed by atoms with Crippen molar-refractivity contribution in [3.05, 3.63) is 0 Å². The van der Waals surface area contributed by atoms with Crippen LogP contribution in [0.4, 0.5) is 0 Å². The Morgan fingerprint density at radius 1 is 0.852 bits per heavy atom. The first-order valence-electron chi connectivity index (χ1n) is 8.13. The van der Waals surface area contributed by atoms with Crippen LogP contribution in [0, 0.1) is 0 Å². The molecule has 2 aliphatic rings. The summed E-state index contributed by atoms with van der Waals surface area (Å²) in [7, 11) is 0. The van der Waals surface area contributed by atoms with Gasteiger partial charge in [0.15, 0.2) is 12.4 Å². The third-order valence-electron chi connectivity index (χ3n) is 4.61. The number of hydrogen-bond donors (Lipinski definition) is 9. The van der Waals surface area contributed by atoms with Crippen molar-refractivity contribution in [1.29, 1.82) is 0 Å². The van der Waals surface area contributed by atoms with Crippen LogP contribution >= 0.6 is 0 Å². The summed E-state index contributed by atoms with van der Waals surface area (Å²) >= 11 is 0. The number of hydrogen-bond acceptors (Lipinski definition) is 12. The van der Waals surface area contributed by atoms with E-state index in [0.717, 1.165) is 0 Å². The van der Waals surface area contributed by atoms with Gasteiger partial charge in [0.05, 0.1) is 13.2 Å². The third-order valence-corrected chi connectivity index (χ3v) is 4.61. The zero-order valence-electron chi connectivity index (χ0n) is 13.9. The molecule has 2 heterocycles. The minimum Gasteiger partial charge on any atom is -0.479 e. The quantitative estimate of drug-likeness (QED) is 0.203. The van der Waals surface area contributed by atoms with Crippen LogP contribution in [-0.2, 0) is 19.0 Å². The van der Waals surface area contributed by atoms with Crippen LogP contribution in [0.2, 0.25) is 0 Å². The van der Waals surface area contributed by atoms with E-state index in [9.17, 15) is 40.5 Å². The van der Waals surface area contributed by atoms with Crippen molar-refractivity contribution >= 4 is 5.97 Å². The minimum absolute atomic E-state index is 0.729. The maximum atomic E-state index is 10.9. The molecule has 11 atom stereocenters. The van der Waals surface area contributed by atoms with E-state index in [4.69, 9.17) is 24.4 Å². The van der Waals surface area contributed by atoms with E-state index in [-0.39, 0.29) is 0 Å². The SMILES string of the molecule is O=C(O)C(O)C1O[C@H](CO)[C@@H](OC2O[C@H](CO)[C@H](O)[C@H](O)[C@H]2O)[C@H](O)[C@H]1O. The van der Waals surface area contributed by atoms with E-state index >= 15 is 0 Å². The van der Waals surface area contributed by atoms with Gasteiger partial charge in [-0.15, -0.1) is 0 Å². The molecule has 0 spiro atoms. The largest absolute Gasteiger partial charge is 0.479 e. The van der Waals surface area contributed by atoms with E-state index in [2.05, 4.69) is 0 Å². The van der Waals surface area contributed by atoms with Gasteiger partial charge in [-0.05, 0) is 0 Å². The Labute approximate surface area is 152 Å². The number of carboxylic acids is 1. The number of aliphatic hydroxyl groups excluding tert-OH is 8. The first-order chi connectivity index (χ1) is 12.6. The fourth-order valence-electron chi connectivity index (χ4n) is 3.02. The zero-order chi connectivity index (χ0) is 20.5. The molecule has 2 saturated heterocycles. The summed E-state index contributed by atoms with van der Waals surface area (Å²) in [4.78, 5) is 10.9. The van der Waals surface area contributed by atoms with Gasteiger partial charge in [0.1, 0.15) is 54.9 Å². The first kappa shape index (κ1) is 22.3. The lowest BCUT2D eigenvalue weighted by molar-refractivity contribution is -0.344. The van der Waals surface area contributed by atoms with Gasteiger partial charge in [-0.25, -0.2) is 4.79 Å². The molecule has 0 amide bonds. The molecule has 9 N–H and O–H groups in total. The van der Waals surface area contributed by atoms with Gasteiger partial charge in [-0.2, -0.15) is 0 Å². The van der Waals surface area contributed by atoms with Crippen LogP contribution in [0.15, 0.2) is 0 Å². The molecule has 2 aliphatic heterocycles. The number of carbonyl (C=O) groups is 1. The van der Waals surface area contributed by atoms with Crippen molar-refractivity contribution in [1.82, 2.24) is 0 Å². The van der Waals surface area contributed by atoms with Gasteiger partial charge in [-0.1, -0.05) is 0 Å². The summed E-state index contributed by atoms with van der Waals surface area (Å²) in [5, 5.41) is 86.7. The fourth-order valence-corrected chi connectivity index (χ4v) is 3.02. The molecule has 13 nitrogen and oxygen atoms in total. The molecular formula is C14H24O13. The van der Waals surface area contributed by atoms with Crippen LogP contribution in [0.1, 0.15) is 0 Å². The summed E-state index contributed by atoms with van der Waals surface area (Å²) in [5.41, 5.74) is 0. The predicted octanol–water partition coefficient (Wildman–Crippen LogP) is -5.90. The molecular weight excluding hydrogens is 376 g/mol. The van der Waals surface area contributed by atoms with Crippen LogP contribution in [-0.4, -0.2) is 132 Å². The summed E-state index contributed by atoms with van der Waals surface area (Å²) in [6.45, 7) is -1.55. The van der Waals surface area contributed by atoms with Crippen molar-refractivity contribution in [2.24, 2.45) is 0 Å². The summed E-state index contributed by atoms with van der Waals surface area (Å²) in [6, 6.07) is 0. The van der Waals surface area contributed by atoms with Gasteiger partial charge >= 0.3 is 5.97 Å². The fraction of sp³-hybridized carbons (Fsp3) is 0.929. The van der Waals surface area contributed by atoms with E-state index in [1.807, 2.05) is 0 Å². The van der Waals surface area contributed by atoms with E-state index in [1.54, 1.807) is 0 Å². The Kier molecular flexibility index (Phi) is 7.46. The number of carboxylic acid groups (broad SMARTS) is 1. The Hall–Kier alpha value is -0.970. The topological polar surface area (TPSA) is 227 Å². The van der Waals surface area contributed by atoms with E-state index < -0.39 is 86.5 Å². The lowest BCUT2D eigenvalue weighted by atomic mass is 9.92. The average molecular weight is 400 g/mol. The van der Waals surface area contributed by atoms with E-state index in [0.29, 0.717) is 0 Å². The van der Waals surface area contributed by atoms with Gasteiger partial charge in [0.25, 0.3) is 0 Å². The van der Waals surface area contributed by atoms with Gasteiger partial charge < -0.3 is 60.2 Å². The number of aliphatic hydroxyl groups is 8. The second-order valence-electron chi connectivity index (χ2n) is 6.38. The lowest BCUT2D eigenvalue weighted by Crippen LogP contribution is -2.66. The first-order valence-corrected chi connectivity index (χ1v) is 8.13. The molecule has 0 aromatic carbocycles. The molecule has 2 fully saturated rings. The Balaban J connectivity index is 2.16. The molecule has 0 aromatic rings. The standard InChI is InChI=1S/C14H24O13/c15-1-3-5(17)6(18)9(21)14(26-3)27-11-4(2-16)25-12(8(20)7(11)19)10(22)13(23)24/h3-12,14-22H,1-2H2,(H,23,24)/t3-,4-,5+,6+,7-,8-,9-,10?,11-,12?,14?/m1/s1. The second kappa shape index (κ2) is 9.02. The predicted molar refractivity (Wildman–Crippen MR) is 80.0 cm³/mol. The number of ether oxygens (including phenoxy) is 3. The van der Waals surface area contributed by atoms with Crippen molar-refractivity contribution in [3.8, 4) is 0 Å². The molecule has 2 rings (SSSR count). The highest BCUT2D eigenvalue weighted by Crippen LogP contribution is 2.30. The lowest BCUT2D eigenvalue weighted by Gasteiger charge is -2.46. The Morgan fingerprint density at radius 3 is 1.96 bits per heavy atom. The van der Waals surface area contributed by atoms with Gasteiger partial charge in [-0.3, -0.25) is 0 Å². The minimum atomic E-state index is -2.20. The molecule has 0 aliphatic carbocycles. The molecule has 27 heavy (non-hydrogen) atoms. The number of aliphatic carboxylic acids is 1. The van der Waals surface area contributed by atoms with Crippen LogP contribution < -0.4 is 0 Å². The van der Waals surface area contributed by atoms with Crippen LogP contribution in [0.5, 0.6) is 0 Å². The van der Waals surface area contributed by atoms with E-state index in [1.165, 1.54) is 0 Å².